The lowest BCUT2D eigenvalue weighted by molar-refractivity contribution is 0.215. The maximum absolute atomic E-state index is 6.15. The number of hydrogen-bond donors (Lipinski definition) is 1. The molecule has 1 N–H and O–H groups in total. The second-order valence-electron chi connectivity index (χ2n) is 4.95. The van der Waals surface area contributed by atoms with Crippen LogP contribution in [-0.4, -0.2) is 23.0 Å². The number of benzene rings is 1. The average Bonchev–Trinajstić information content (AvgIpc) is 2.82. The molecule has 0 aliphatic rings. The summed E-state index contributed by atoms with van der Waals surface area (Å²) in [7, 11) is 1.80. The number of nitrogens with one attached hydrogen (secondary N) is 1. The molecule has 1 heterocycles. The molecule has 0 amide bonds. The zero-order valence-electron chi connectivity index (χ0n) is 14.1. The van der Waals surface area contributed by atoms with Crippen LogP contribution in [0.2, 0.25) is 5.02 Å². The monoisotopic (exact) mass is 389 g/mol. The number of aromatic nitrogens is 2. The van der Waals surface area contributed by atoms with Gasteiger partial charge in [0.15, 0.2) is 0 Å². The van der Waals surface area contributed by atoms with Crippen LogP contribution >= 0.6 is 18.3 Å². The van der Waals surface area contributed by atoms with Crippen molar-refractivity contribution < 1.29 is 13.6 Å². The zero-order chi connectivity index (χ0) is 17.7. The SMILES string of the molecule is CCOP(=S)(OCC)Oc1cc(Nc2ccc(C)c(Cl)c2)n(C)n1. The van der Waals surface area contributed by atoms with Crippen molar-refractivity contribution in [2.24, 2.45) is 7.05 Å². The molecular formula is C15H21ClN3O3PS. The van der Waals surface area contributed by atoms with Gasteiger partial charge in [-0.1, -0.05) is 17.7 Å². The van der Waals surface area contributed by atoms with Gasteiger partial charge in [-0.15, -0.1) is 5.10 Å². The van der Waals surface area contributed by atoms with Gasteiger partial charge in [0.25, 0.3) is 0 Å². The Morgan fingerprint density at radius 1 is 1.25 bits per heavy atom. The molecule has 0 aliphatic heterocycles. The van der Waals surface area contributed by atoms with E-state index >= 15 is 0 Å². The van der Waals surface area contributed by atoms with Crippen LogP contribution in [0.4, 0.5) is 11.5 Å². The maximum atomic E-state index is 6.15. The van der Waals surface area contributed by atoms with Gasteiger partial charge in [-0.25, -0.2) is 4.68 Å². The Bertz CT molecular complexity index is 744. The van der Waals surface area contributed by atoms with Gasteiger partial charge in [0.05, 0.1) is 13.2 Å². The molecule has 6 nitrogen and oxygen atoms in total. The van der Waals surface area contributed by atoms with Crippen molar-refractivity contribution in [2.45, 2.75) is 20.8 Å². The van der Waals surface area contributed by atoms with Crippen molar-refractivity contribution in [3.8, 4) is 5.88 Å². The van der Waals surface area contributed by atoms with Crippen LogP contribution in [0.25, 0.3) is 0 Å². The van der Waals surface area contributed by atoms with Crippen molar-refractivity contribution >= 4 is 41.6 Å². The molecule has 0 saturated heterocycles. The summed E-state index contributed by atoms with van der Waals surface area (Å²) in [6.07, 6.45) is 0. The highest BCUT2D eigenvalue weighted by Crippen LogP contribution is 2.49. The van der Waals surface area contributed by atoms with Gasteiger partial charge in [-0.05, 0) is 38.5 Å². The van der Waals surface area contributed by atoms with Gasteiger partial charge < -0.3 is 9.84 Å². The molecule has 0 unspecified atom stereocenters. The lowest BCUT2D eigenvalue weighted by Gasteiger charge is -2.19. The fourth-order valence-electron chi connectivity index (χ4n) is 1.94. The van der Waals surface area contributed by atoms with Gasteiger partial charge in [0, 0.05) is 35.6 Å². The normalized spacial score (nSPS) is 11.5. The first-order chi connectivity index (χ1) is 11.4. The molecule has 0 radical (unpaired) electrons. The van der Waals surface area contributed by atoms with E-state index in [9.17, 15) is 0 Å². The summed E-state index contributed by atoms with van der Waals surface area (Å²) in [6, 6.07) is 7.49. The van der Waals surface area contributed by atoms with Crippen LogP contribution in [0.15, 0.2) is 24.3 Å². The Morgan fingerprint density at radius 3 is 2.50 bits per heavy atom. The summed E-state index contributed by atoms with van der Waals surface area (Å²) in [5.41, 5.74) is 1.87. The van der Waals surface area contributed by atoms with Crippen LogP contribution in [-0.2, 0) is 27.9 Å². The minimum Gasteiger partial charge on any atom is -0.404 e. The van der Waals surface area contributed by atoms with Gasteiger partial charge in [-0.3, -0.25) is 9.05 Å². The Kier molecular flexibility index (Phi) is 6.66. The lowest BCUT2D eigenvalue weighted by atomic mass is 10.2. The summed E-state index contributed by atoms with van der Waals surface area (Å²) in [5, 5.41) is 8.24. The molecule has 0 aliphatic carbocycles. The van der Waals surface area contributed by atoms with Gasteiger partial charge >= 0.3 is 6.72 Å². The molecule has 0 spiro atoms. The average molecular weight is 390 g/mol. The minimum atomic E-state index is -2.84. The third kappa shape index (κ3) is 4.94. The number of hydrogen-bond acceptors (Lipinski definition) is 6. The molecule has 0 fully saturated rings. The fourth-order valence-corrected chi connectivity index (χ4v) is 4.11. The quantitative estimate of drug-likeness (QED) is 0.654. The minimum absolute atomic E-state index is 0.350. The van der Waals surface area contributed by atoms with E-state index in [1.807, 2.05) is 39.0 Å². The van der Waals surface area contributed by atoms with Crippen molar-refractivity contribution in [1.29, 1.82) is 0 Å². The van der Waals surface area contributed by atoms with E-state index in [4.69, 9.17) is 37.0 Å². The highest BCUT2D eigenvalue weighted by Gasteiger charge is 2.23. The van der Waals surface area contributed by atoms with E-state index in [0.29, 0.717) is 24.1 Å². The van der Waals surface area contributed by atoms with Crippen LogP contribution in [0.1, 0.15) is 19.4 Å². The first-order valence-corrected chi connectivity index (χ1v) is 10.5. The Labute approximate surface area is 152 Å². The Hall–Kier alpha value is -1.11. The van der Waals surface area contributed by atoms with Crippen LogP contribution in [0.5, 0.6) is 5.88 Å². The van der Waals surface area contributed by atoms with E-state index in [1.54, 1.807) is 17.8 Å². The van der Waals surface area contributed by atoms with Crippen molar-refractivity contribution in [2.75, 3.05) is 18.5 Å². The van der Waals surface area contributed by atoms with Gasteiger partial charge in [0.2, 0.25) is 5.88 Å². The maximum Gasteiger partial charge on any atom is 0.381 e. The summed E-state index contributed by atoms with van der Waals surface area (Å²) in [5.74, 6) is 1.09. The Morgan fingerprint density at radius 2 is 1.92 bits per heavy atom. The molecule has 2 aromatic rings. The molecule has 0 atom stereocenters. The summed E-state index contributed by atoms with van der Waals surface area (Å²) in [6.45, 7) is 3.63. The smallest absolute Gasteiger partial charge is 0.381 e. The largest absolute Gasteiger partial charge is 0.404 e. The van der Waals surface area contributed by atoms with Crippen molar-refractivity contribution in [1.82, 2.24) is 9.78 Å². The van der Waals surface area contributed by atoms with E-state index in [0.717, 1.165) is 17.1 Å². The first kappa shape index (κ1) is 19.2. The van der Waals surface area contributed by atoms with Gasteiger partial charge in [-0.2, -0.15) is 0 Å². The van der Waals surface area contributed by atoms with E-state index in [2.05, 4.69) is 10.4 Å². The van der Waals surface area contributed by atoms with E-state index in [1.165, 1.54) is 0 Å². The summed E-state index contributed by atoms with van der Waals surface area (Å²) < 4.78 is 18.3. The molecule has 1 aromatic carbocycles. The number of nitrogens with zero attached hydrogens (tertiary/aromatic N) is 2. The third-order valence-electron chi connectivity index (χ3n) is 3.08. The summed E-state index contributed by atoms with van der Waals surface area (Å²) in [4.78, 5) is 0. The lowest BCUT2D eigenvalue weighted by Crippen LogP contribution is -2.03. The van der Waals surface area contributed by atoms with Gasteiger partial charge in [0.1, 0.15) is 5.82 Å². The molecule has 24 heavy (non-hydrogen) atoms. The molecule has 0 bridgehead atoms. The van der Waals surface area contributed by atoms with E-state index in [-0.39, 0.29) is 0 Å². The topological polar surface area (TPSA) is 57.5 Å². The van der Waals surface area contributed by atoms with E-state index < -0.39 is 6.72 Å². The standard InChI is InChI=1S/C15H21ClN3O3PS/c1-5-20-23(24,21-6-2)22-15-10-14(19(4)18-15)17-12-8-7-11(3)13(16)9-12/h7-10,17H,5-6H2,1-4H3. The number of anilines is 2. The Balaban J connectivity index is 2.17. The van der Waals surface area contributed by atoms with Crippen molar-refractivity contribution in [3.63, 3.8) is 0 Å². The number of rotatable bonds is 8. The highest BCUT2D eigenvalue weighted by atomic mass is 35.5. The molecule has 1 aromatic heterocycles. The molecule has 0 saturated carbocycles. The second-order valence-corrected chi connectivity index (χ2v) is 8.30. The van der Waals surface area contributed by atoms with Crippen LogP contribution in [0.3, 0.4) is 0 Å². The van der Waals surface area contributed by atoms with Crippen LogP contribution in [0, 0.1) is 6.92 Å². The molecular weight excluding hydrogens is 369 g/mol. The highest BCUT2D eigenvalue weighted by molar-refractivity contribution is 8.07. The van der Waals surface area contributed by atoms with Crippen molar-refractivity contribution in [3.05, 3.63) is 34.9 Å². The molecule has 2 rings (SSSR count). The molecule has 132 valence electrons. The predicted octanol–water partition coefficient (Wildman–Crippen LogP) is 4.80. The zero-order valence-corrected chi connectivity index (χ0v) is 16.5. The predicted molar refractivity (Wildman–Crippen MR) is 101 cm³/mol. The van der Waals surface area contributed by atoms with Crippen LogP contribution < -0.4 is 9.84 Å². The number of aryl methyl sites for hydroxylation is 2. The molecule has 9 heteroatoms. The fraction of sp³-hybridized carbons (Fsp3) is 0.400. The number of halogens is 1. The summed E-state index contributed by atoms with van der Waals surface area (Å²) >= 11 is 11.5. The second kappa shape index (κ2) is 8.32. The first-order valence-electron chi connectivity index (χ1n) is 7.52. The third-order valence-corrected chi connectivity index (χ3v) is 5.90.